The van der Waals surface area contributed by atoms with E-state index in [4.69, 9.17) is 5.73 Å². The Kier molecular flexibility index (Phi) is 3.07. The number of aryl methyl sites for hydroxylation is 1. The number of nitrogens with zero attached hydrogens (tertiary/aromatic N) is 3. The number of hydrogen-bond acceptors (Lipinski definition) is 3. The maximum atomic E-state index is 5.61. The van der Waals surface area contributed by atoms with Crippen LogP contribution in [-0.2, 0) is 19.6 Å². The van der Waals surface area contributed by atoms with Gasteiger partial charge >= 0.3 is 0 Å². The maximum Gasteiger partial charge on any atom is 0.0763 e. The van der Waals surface area contributed by atoms with Crippen molar-refractivity contribution in [2.45, 2.75) is 45.9 Å². The van der Waals surface area contributed by atoms with Crippen molar-refractivity contribution < 1.29 is 0 Å². The van der Waals surface area contributed by atoms with Gasteiger partial charge in [0.05, 0.1) is 11.4 Å². The van der Waals surface area contributed by atoms with E-state index in [1.807, 2.05) is 0 Å². The molecular formula is C11H20N4. The minimum atomic E-state index is 0.543. The summed E-state index contributed by atoms with van der Waals surface area (Å²) in [5.74, 6) is 0. The number of fused-ring (bicyclic) bond motifs is 1. The molecule has 0 atom stereocenters. The van der Waals surface area contributed by atoms with Crippen LogP contribution < -0.4 is 5.73 Å². The molecule has 0 aromatic carbocycles. The van der Waals surface area contributed by atoms with E-state index >= 15 is 0 Å². The summed E-state index contributed by atoms with van der Waals surface area (Å²) in [5.41, 5.74) is 7.92. The first kappa shape index (κ1) is 10.6. The molecule has 0 unspecified atom stereocenters. The van der Waals surface area contributed by atoms with Gasteiger partial charge in [0.1, 0.15) is 0 Å². The van der Waals surface area contributed by atoms with Crippen LogP contribution in [0.3, 0.4) is 0 Å². The normalized spacial score (nSPS) is 17.9. The lowest BCUT2D eigenvalue weighted by atomic mass is 10.2. The molecule has 0 spiro atoms. The Morgan fingerprint density at radius 2 is 2.27 bits per heavy atom. The van der Waals surface area contributed by atoms with Gasteiger partial charge in [0.25, 0.3) is 0 Å². The van der Waals surface area contributed by atoms with Crippen LogP contribution in [0.25, 0.3) is 0 Å². The standard InChI is InChI=1S/C11H20N4/c1-9(2)14-4-3-5-15-11(8-14)6-10(7-12)13-15/h6,9H,3-5,7-8,12H2,1-2H3. The van der Waals surface area contributed by atoms with E-state index in [1.54, 1.807) is 0 Å². The van der Waals surface area contributed by atoms with Gasteiger partial charge in [0.2, 0.25) is 0 Å². The number of nitrogens with two attached hydrogens (primary N) is 1. The van der Waals surface area contributed by atoms with Crippen LogP contribution >= 0.6 is 0 Å². The van der Waals surface area contributed by atoms with Gasteiger partial charge in [-0.3, -0.25) is 9.58 Å². The van der Waals surface area contributed by atoms with Gasteiger partial charge in [-0.25, -0.2) is 0 Å². The highest BCUT2D eigenvalue weighted by Gasteiger charge is 2.17. The molecule has 2 rings (SSSR count). The van der Waals surface area contributed by atoms with E-state index in [2.05, 4.69) is 34.6 Å². The monoisotopic (exact) mass is 208 g/mol. The summed E-state index contributed by atoms with van der Waals surface area (Å²) in [5, 5.41) is 4.49. The van der Waals surface area contributed by atoms with E-state index in [0.717, 1.165) is 18.8 Å². The molecule has 0 saturated heterocycles. The molecule has 0 saturated carbocycles. The summed E-state index contributed by atoms with van der Waals surface area (Å²) < 4.78 is 2.12. The molecule has 0 radical (unpaired) electrons. The molecule has 0 aliphatic carbocycles. The van der Waals surface area contributed by atoms with Crippen molar-refractivity contribution in [2.24, 2.45) is 5.73 Å². The van der Waals surface area contributed by atoms with Crippen LogP contribution in [0.4, 0.5) is 0 Å². The first-order valence-corrected chi connectivity index (χ1v) is 5.70. The fourth-order valence-electron chi connectivity index (χ4n) is 2.09. The molecular weight excluding hydrogens is 188 g/mol. The van der Waals surface area contributed by atoms with Gasteiger partial charge in [-0.1, -0.05) is 0 Å². The molecule has 1 aliphatic rings. The van der Waals surface area contributed by atoms with Crippen molar-refractivity contribution in [3.63, 3.8) is 0 Å². The van der Waals surface area contributed by atoms with Crippen LogP contribution in [0.5, 0.6) is 0 Å². The van der Waals surface area contributed by atoms with Gasteiger partial charge in [0.15, 0.2) is 0 Å². The SMILES string of the molecule is CC(C)N1CCCn2nc(CN)cc2C1. The summed E-state index contributed by atoms with van der Waals surface area (Å²) in [4.78, 5) is 2.49. The smallest absolute Gasteiger partial charge is 0.0763 e. The highest BCUT2D eigenvalue weighted by atomic mass is 15.3. The predicted octanol–water partition coefficient (Wildman–Crippen LogP) is 0.956. The average molecular weight is 208 g/mol. The minimum absolute atomic E-state index is 0.543. The Hall–Kier alpha value is -0.870. The maximum absolute atomic E-state index is 5.61. The van der Waals surface area contributed by atoms with Crippen molar-refractivity contribution in [2.75, 3.05) is 6.54 Å². The zero-order valence-corrected chi connectivity index (χ0v) is 9.61. The number of aromatic nitrogens is 2. The molecule has 2 heterocycles. The molecule has 2 N–H and O–H groups in total. The van der Waals surface area contributed by atoms with Crippen LogP contribution in [0.2, 0.25) is 0 Å². The Balaban J connectivity index is 2.20. The van der Waals surface area contributed by atoms with Gasteiger partial charge in [-0.2, -0.15) is 5.10 Å². The second kappa shape index (κ2) is 4.33. The molecule has 0 amide bonds. The highest BCUT2D eigenvalue weighted by Crippen LogP contribution is 2.15. The predicted molar refractivity (Wildman–Crippen MR) is 60.3 cm³/mol. The molecule has 1 aromatic heterocycles. The van der Waals surface area contributed by atoms with Crippen LogP contribution in [-0.4, -0.2) is 27.3 Å². The van der Waals surface area contributed by atoms with Crippen LogP contribution in [0.1, 0.15) is 31.7 Å². The molecule has 4 nitrogen and oxygen atoms in total. The van der Waals surface area contributed by atoms with E-state index in [9.17, 15) is 0 Å². The summed E-state index contributed by atoms with van der Waals surface area (Å²) in [6, 6.07) is 2.74. The van der Waals surface area contributed by atoms with Crippen LogP contribution in [0, 0.1) is 0 Å². The van der Waals surface area contributed by atoms with Crippen molar-refractivity contribution in [3.05, 3.63) is 17.5 Å². The molecule has 1 aliphatic heterocycles. The molecule has 4 heteroatoms. The van der Waals surface area contributed by atoms with E-state index in [0.29, 0.717) is 12.6 Å². The molecule has 1 aromatic rings. The number of hydrogen-bond donors (Lipinski definition) is 1. The second-order valence-electron chi connectivity index (χ2n) is 4.47. The summed E-state index contributed by atoms with van der Waals surface area (Å²) in [6.45, 7) is 8.23. The van der Waals surface area contributed by atoms with Crippen molar-refractivity contribution >= 4 is 0 Å². The summed E-state index contributed by atoms with van der Waals surface area (Å²) in [7, 11) is 0. The Labute approximate surface area is 91.1 Å². The summed E-state index contributed by atoms with van der Waals surface area (Å²) in [6.07, 6.45) is 1.18. The number of rotatable bonds is 2. The Morgan fingerprint density at radius 1 is 1.47 bits per heavy atom. The first-order chi connectivity index (χ1) is 7.20. The third-order valence-electron chi connectivity index (χ3n) is 3.03. The Morgan fingerprint density at radius 3 is 2.93 bits per heavy atom. The van der Waals surface area contributed by atoms with Gasteiger partial charge in [-0.05, 0) is 26.3 Å². The molecule has 84 valence electrons. The fraction of sp³-hybridized carbons (Fsp3) is 0.727. The van der Waals surface area contributed by atoms with E-state index in [1.165, 1.54) is 18.7 Å². The summed E-state index contributed by atoms with van der Waals surface area (Å²) >= 11 is 0. The topological polar surface area (TPSA) is 47.1 Å². The van der Waals surface area contributed by atoms with Crippen molar-refractivity contribution in [1.82, 2.24) is 14.7 Å². The first-order valence-electron chi connectivity index (χ1n) is 5.70. The second-order valence-corrected chi connectivity index (χ2v) is 4.47. The largest absolute Gasteiger partial charge is 0.325 e. The van der Waals surface area contributed by atoms with Gasteiger partial charge < -0.3 is 5.73 Å². The average Bonchev–Trinajstić information content (AvgIpc) is 2.49. The molecule has 0 fully saturated rings. The van der Waals surface area contributed by atoms with Gasteiger partial charge in [0, 0.05) is 32.2 Å². The van der Waals surface area contributed by atoms with Gasteiger partial charge in [-0.15, -0.1) is 0 Å². The van der Waals surface area contributed by atoms with E-state index in [-0.39, 0.29) is 0 Å². The third kappa shape index (κ3) is 2.21. The minimum Gasteiger partial charge on any atom is -0.325 e. The lowest BCUT2D eigenvalue weighted by Gasteiger charge is -2.23. The Bertz CT molecular complexity index is 329. The molecule has 15 heavy (non-hydrogen) atoms. The zero-order chi connectivity index (χ0) is 10.8. The van der Waals surface area contributed by atoms with Crippen molar-refractivity contribution in [1.29, 1.82) is 0 Å². The lowest BCUT2D eigenvalue weighted by Crippen LogP contribution is -2.30. The highest BCUT2D eigenvalue weighted by molar-refractivity contribution is 5.11. The fourth-order valence-corrected chi connectivity index (χ4v) is 2.09. The van der Waals surface area contributed by atoms with Crippen molar-refractivity contribution in [3.8, 4) is 0 Å². The molecule has 0 bridgehead atoms. The quantitative estimate of drug-likeness (QED) is 0.787. The third-order valence-corrected chi connectivity index (χ3v) is 3.03. The zero-order valence-electron chi connectivity index (χ0n) is 9.61. The lowest BCUT2D eigenvalue weighted by molar-refractivity contribution is 0.216. The van der Waals surface area contributed by atoms with E-state index < -0.39 is 0 Å². The van der Waals surface area contributed by atoms with Crippen LogP contribution in [0.15, 0.2) is 6.07 Å².